The molecule has 94 valence electrons. The summed E-state index contributed by atoms with van der Waals surface area (Å²) in [5, 5.41) is 8.40. The fourth-order valence-corrected chi connectivity index (χ4v) is 1.25. The summed E-state index contributed by atoms with van der Waals surface area (Å²) in [5.41, 5.74) is -0.250. The Kier molecular flexibility index (Phi) is 5.75. The molecule has 3 N–H and O–H groups in total. The van der Waals surface area contributed by atoms with Crippen molar-refractivity contribution in [2.45, 2.75) is 26.3 Å². The maximum atomic E-state index is 11.4. The number of amides is 2. The molecular formula is C10H20ClN3O2. The highest BCUT2D eigenvalue weighted by Gasteiger charge is 2.25. The summed E-state index contributed by atoms with van der Waals surface area (Å²) in [5.74, 6) is -0.159. The van der Waals surface area contributed by atoms with E-state index < -0.39 is 0 Å². The number of nitrogens with one attached hydrogen (secondary N) is 3. The van der Waals surface area contributed by atoms with Crippen LogP contribution in [-0.2, 0) is 9.59 Å². The van der Waals surface area contributed by atoms with Crippen LogP contribution in [0.1, 0.15) is 20.8 Å². The normalized spacial score (nSPS) is 15.7. The molecule has 1 aliphatic rings. The Hall–Kier alpha value is -0.810. The Balaban J connectivity index is 0.00000225. The van der Waals surface area contributed by atoms with Gasteiger partial charge >= 0.3 is 0 Å². The van der Waals surface area contributed by atoms with Gasteiger partial charge in [-0.25, -0.2) is 0 Å². The van der Waals surface area contributed by atoms with E-state index in [1.54, 1.807) is 0 Å². The molecule has 0 unspecified atom stereocenters. The molecule has 1 fully saturated rings. The highest BCUT2D eigenvalue weighted by molar-refractivity contribution is 5.86. The highest BCUT2D eigenvalue weighted by Crippen LogP contribution is 2.01. The minimum Gasteiger partial charge on any atom is -0.350 e. The first-order chi connectivity index (χ1) is 6.88. The lowest BCUT2D eigenvalue weighted by Gasteiger charge is -2.26. The minimum atomic E-state index is -0.250. The van der Waals surface area contributed by atoms with E-state index in [9.17, 15) is 9.59 Å². The average Bonchev–Trinajstić information content (AvgIpc) is 1.94. The zero-order valence-corrected chi connectivity index (χ0v) is 10.7. The Morgan fingerprint density at radius 2 is 1.88 bits per heavy atom. The lowest BCUT2D eigenvalue weighted by Crippen LogP contribution is -2.53. The molecule has 0 aromatic carbocycles. The molecule has 1 aliphatic heterocycles. The quantitative estimate of drug-likeness (QED) is 0.641. The number of hydrogen-bond donors (Lipinski definition) is 3. The zero-order chi connectivity index (χ0) is 11.5. The topological polar surface area (TPSA) is 70.2 Å². The van der Waals surface area contributed by atoms with Gasteiger partial charge in [-0.2, -0.15) is 0 Å². The van der Waals surface area contributed by atoms with Crippen LogP contribution in [0.25, 0.3) is 0 Å². The first kappa shape index (κ1) is 15.2. The Bertz CT molecular complexity index is 259. The first-order valence-corrected chi connectivity index (χ1v) is 5.18. The summed E-state index contributed by atoms with van der Waals surface area (Å²) >= 11 is 0. The van der Waals surface area contributed by atoms with Gasteiger partial charge in [0.05, 0.1) is 12.5 Å². The van der Waals surface area contributed by atoms with Crippen molar-refractivity contribution in [1.82, 2.24) is 16.0 Å². The number of carbonyl (C=O) groups is 2. The SMILES string of the molecule is CC(C)(C)NC(=O)CNC(=O)C1CNC1.Cl. The summed E-state index contributed by atoms with van der Waals surface area (Å²) < 4.78 is 0. The van der Waals surface area contributed by atoms with Crippen LogP contribution in [0, 0.1) is 5.92 Å². The molecule has 2 amide bonds. The Morgan fingerprint density at radius 3 is 2.25 bits per heavy atom. The lowest BCUT2D eigenvalue weighted by molar-refractivity contribution is -0.130. The first-order valence-electron chi connectivity index (χ1n) is 5.18. The second kappa shape index (κ2) is 6.06. The predicted molar refractivity (Wildman–Crippen MR) is 64.5 cm³/mol. The molecule has 1 saturated heterocycles. The summed E-state index contributed by atoms with van der Waals surface area (Å²) in [6, 6.07) is 0. The van der Waals surface area contributed by atoms with Gasteiger partial charge in [0.1, 0.15) is 0 Å². The standard InChI is InChI=1S/C10H19N3O2.ClH/c1-10(2,3)13-8(14)6-12-9(15)7-4-11-5-7;/h7,11H,4-6H2,1-3H3,(H,12,15)(H,13,14);1H. The molecule has 0 radical (unpaired) electrons. The van der Waals surface area contributed by atoms with Gasteiger partial charge in [0, 0.05) is 18.6 Å². The Labute approximate surface area is 102 Å². The third kappa shape index (κ3) is 5.32. The van der Waals surface area contributed by atoms with Crippen LogP contribution in [0.3, 0.4) is 0 Å². The van der Waals surface area contributed by atoms with Crippen molar-refractivity contribution < 1.29 is 9.59 Å². The van der Waals surface area contributed by atoms with Gasteiger partial charge in [-0.15, -0.1) is 12.4 Å². The molecule has 6 heteroatoms. The summed E-state index contributed by atoms with van der Waals surface area (Å²) in [4.78, 5) is 22.7. The molecule has 5 nitrogen and oxygen atoms in total. The second-order valence-electron chi connectivity index (χ2n) is 4.87. The van der Waals surface area contributed by atoms with Crippen molar-refractivity contribution in [2.75, 3.05) is 19.6 Å². The number of carbonyl (C=O) groups excluding carboxylic acids is 2. The molecule has 1 rings (SSSR count). The van der Waals surface area contributed by atoms with Crippen LogP contribution in [0.4, 0.5) is 0 Å². The van der Waals surface area contributed by atoms with Crippen LogP contribution in [-0.4, -0.2) is 37.0 Å². The second-order valence-corrected chi connectivity index (χ2v) is 4.87. The zero-order valence-electron chi connectivity index (χ0n) is 9.92. The van der Waals surface area contributed by atoms with Crippen LogP contribution in [0.15, 0.2) is 0 Å². The fraction of sp³-hybridized carbons (Fsp3) is 0.800. The third-order valence-electron chi connectivity index (χ3n) is 2.09. The van der Waals surface area contributed by atoms with Gasteiger partial charge < -0.3 is 16.0 Å². The van der Waals surface area contributed by atoms with Crippen molar-refractivity contribution in [3.8, 4) is 0 Å². The van der Waals surface area contributed by atoms with E-state index in [2.05, 4.69) is 16.0 Å². The summed E-state index contributed by atoms with van der Waals surface area (Å²) in [6.45, 7) is 7.21. The van der Waals surface area contributed by atoms with Gasteiger partial charge in [0.25, 0.3) is 0 Å². The monoisotopic (exact) mass is 249 g/mol. The van der Waals surface area contributed by atoms with Crippen LogP contribution in [0.2, 0.25) is 0 Å². The molecule has 0 bridgehead atoms. The molecular weight excluding hydrogens is 230 g/mol. The van der Waals surface area contributed by atoms with Crippen LogP contribution < -0.4 is 16.0 Å². The lowest BCUT2D eigenvalue weighted by atomic mass is 10.0. The van der Waals surface area contributed by atoms with E-state index >= 15 is 0 Å². The van der Waals surface area contributed by atoms with E-state index in [0.29, 0.717) is 13.1 Å². The average molecular weight is 250 g/mol. The number of rotatable bonds is 3. The number of halogens is 1. The molecule has 1 heterocycles. The van der Waals surface area contributed by atoms with E-state index in [4.69, 9.17) is 0 Å². The van der Waals surface area contributed by atoms with Gasteiger partial charge in [-0.3, -0.25) is 9.59 Å². The number of hydrogen-bond acceptors (Lipinski definition) is 3. The van der Waals surface area contributed by atoms with Crippen LogP contribution in [0.5, 0.6) is 0 Å². The van der Waals surface area contributed by atoms with Gasteiger partial charge in [0.2, 0.25) is 11.8 Å². The van der Waals surface area contributed by atoms with E-state index in [0.717, 1.165) is 0 Å². The predicted octanol–water partition coefficient (Wildman–Crippen LogP) is -0.341. The van der Waals surface area contributed by atoms with Gasteiger partial charge in [-0.05, 0) is 20.8 Å². The smallest absolute Gasteiger partial charge is 0.239 e. The highest BCUT2D eigenvalue weighted by atomic mass is 35.5. The van der Waals surface area contributed by atoms with Crippen molar-refractivity contribution in [2.24, 2.45) is 5.92 Å². The Morgan fingerprint density at radius 1 is 1.31 bits per heavy atom. The summed E-state index contributed by atoms with van der Waals surface area (Å²) in [6.07, 6.45) is 0. The van der Waals surface area contributed by atoms with Crippen molar-refractivity contribution in [3.05, 3.63) is 0 Å². The van der Waals surface area contributed by atoms with Crippen molar-refractivity contribution in [1.29, 1.82) is 0 Å². The molecule has 0 aromatic heterocycles. The molecule has 0 saturated carbocycles. The van der Waals surface area contributed by atoms with E-state index in [1.807, 2.05) is 20.8 Å². The van der Waals surface area contributed by atoms with Crippen molar-refractivity contribution >= 4 is 24.2 Å². The molecule has 16 heavy (non-hydrogen) atoms. The van der Waals surface area contributed by atoms with Gasteiger partial charge in [0.15, 0.2) is 0 Å². The van der Waals surface area contributed by atoms with Gasteiger partial charge in [-0.1, -0.05) is 0 Å². The largest absolute Gasteiger partial charge is 0.350 e. The fourth-order valence-electron chi connectivity index (χ4n) is 1.25. The molecule has 0 aliphatic carbocycles. The van der Waals surface area contributed by atoms with Crippen LogP contribution >= 0.6 is 12.4 Å². The molecule has 0 aromatic rings. The molecule has 0 spiro atoms. The minimum absolute atomic E-state index is 0. The van der Waals surface area contributed by atoms with Crippen molar-refractivity contribution in [3.63, 3.8) is 0 Å². The molecule has 0 atom stereocenters. The van der Waals surface area contributed by atoms with E-state index in [1.165, 1.54) is 0 Å². The summed E-state index contributed by atoms with van der Waals surface area (Å²) in [7, 11) is 0. The maximum absolute atomic E-state index is 11.4. The third-order valence-corrected chi connectivity index (χ3v) is 2.09. The maximum Gasteiger partial charge on any atom is 0.239 e. The van der Waals surface area contributed by atoms with E-state index in [-0.39, 0.29) is 42.2 Å².